The third-order valence-electron chi connectivity index (χ3n) is 4.23. The maximum Gasteiger partial charge on any atom is 0.261 e. The average Bonchev–Trinajstić information content (AvgIpc) is 2.64. The number of amides is 1. The molecule has 1 amide bonds. The Kier molecular flexibility index (Phi) is 5.46. The van der Waals surface area contributed by atoms with Crippen LogP contribution < -0.4 is 10.5 Å². The van der Waals surface area contributed by atoms with E-state index in [1.54, 1.807) is 23.2 Å². The summed E-state index contributed by atoms with van der Waals surface area (Å²) < 4.78 is 2.34. The molecule has 26 heavy (non-hydrogen) atoms. The fourth-order valence-corrected chi connectivity index (χ4v) is 3.08. The second-order valence-corrected chi connectivity index (χ2v) is 6.85. The van der Waals surface area contributed by atoms with Crippen molar-refractivity contribution in [3.63, 3.8) is 0 Å². The zero-order valence-electron chi connectivity index (χ0n) is 14.6. The van der Waals surface area contributed by atoms with Crippen LogP contribution in [0.25, 0.3) is 10.9 Å². The average molecular weight is 415 g/mol. The summed E-state index contributed by atoms with van der Waals surface area (Å²) in [5.41, 5.74) is 1.53. The summed E-state index contributed by atoms with van der Waals surface area (Å²) in [5, 5.41) is 0.571. The number of rotatable bonds is 5. The number of halogens is 1. The molecule has 0 aliphatic rings. The van der Waals surface area contributed by atoms with E-state index in [1.165, 1.54) is 10.9 Å². The van der Waals surface area contributed by atoms with E-state index < -0.39 is 0 Å². The molecule has 3 aromatic rings. The molecule has 2 heterocycles. The number of carbonyl (C=O) groups is 1. The van der Waals surface area contributed by atoms with Gasteiger partial charge in [0.2, 0.25) is 5.91 Å². The molecule has 0 radical (unpaired) electrons. The number of nitrogens with zero attached hydrogens (tertiary/aromatic N) is 4. The van der Waals surface area contributed by atoms with E-state index in [1.807, 2.05) is 32.0 Å². The zero-order valence-corrected chi connectivity index (χ0v) is 16.2. The van der Waals surface area contributed by atoms with E-state index in [2.05, 4.69) is 25.9 Å². The van der Waals surface area contributed by atoms with Crippen molar-refractivity contribution in [1.82, 2.24) is 14.5 Å². The smallest absolute Gasteiger partial charge is 0.261 e. The molecule has 2 aromatic heterocycles. The molecule has 7 heteroatoms. The fourth-order valence-electron chi connectivity index (χ4n) is 2.84. The van der Waals surface area contributed by atoms with Gasteiger partial charge in [0.1, 0.15) is 5.82 Å². The lowest BCUT2D eigenvalue weighted by Gasteiger charge is -2.20. The van der Waals surface area contributed by atoms with Crippen LogP contribution in [0.2, 0.25) is 0 Å². The standard InChI is InChI=1S/C19H19BrN4O2/c1-3-24(16-8-7-14(20)11-21-16)17(25)9-10-23-12-22-18-13(2)5-4-6-15(18)19(23)26/h4-8,11-12H,3,9-10H2,1-2H3. The summed E-state index contributed by atoms with van der Waals surface area (Å²) in [5.74, 6) is 0.513. The number of hydrogen-bond donors (Lipinski definition) is 0. The van der Waals surface area contributed by atoms with Crippen LogP contribution in [0.15, 0.2) is 52.1 Å². The van der Waals surface area contributed by atoms with Crippen molar-refractivity contribution in [1.29, 1.82) is 0 Å². The number of para-hydroxylation sites is 1. The molecule has 0 atom stereocenters. The fraction of sp³-hybridized carbons (Fsp3) is 0.263. The van der Waals surface area contributed by atoms with E-state index in [4.69, 9.17) is 0 Å². The minimum atomic E-state index is -0.128. The van der Waals surface area contributed by atoms with Crippen LogP contribution >= 0.6 is 15.9 Å². The van der Waals surface area contributed by atoms with Crippen LogP contribution in [-0.4, -0.2) is 27.0 Å². The maximum absolute atomic E-state index is 12.6. The molecule has 0 aliphatic heterocycles. The molecule has 134 valence electrons. The molecule has 1 aromatic carbocycles. The second kappa shape index (κ2) is 7.78. The lowest BCUT2D eigenvalue weighted by atomic mass is 10.1. The second-order valence-electron chi connectivity index (χ2n) is 5.94. The van der Waals surface area contributed by atoms with Gasteiger partial charge < -0.3 is 0 Å². The SMILES string of the molecule is CCN(C(=O)CCn1cnc2c(C)cccc2c1=O)c1ccc(Br)cn1. The number of fused-ring (bicyclic) bond motifs is 1. The van der Waals surface area contributed by atoms with E-state index >= 15 is 0 Å². The van der Waals surface area contributed by atoms with Gasteiger partial charge in [-0.05, 0) is 53.5 Å². The molecule has 6 nitrogen and oxygen atoms in total. The number of pyridine rings is 1. The third kappa shape index (κ3) is 3.67. The molecule has 0 saturated heterocycles. The Morgan fingerprint density at radius 3 is 2.73 bits per heavy atom. The highest BCUT2D eigenvalue weighted by Gasteiger charge is 2.15. The van der Waals surface area contributed by atoms with Gasteiger partial charge in [-0.1, -0.05) is 12.1 Å². The zero-order chi connectivity index (χ0) is 18.7. The van der Waals surface area contributed by atoms with Crippen molar-refractivity contribution in [3.8, 4) is 0 Å². The quantitative estimate of drug-likeness (QED) is 0.641. The summed E-state index contributed by atoms with van der Waals surface area (Å²) in [4.78, 5) is 35.5. The van der Waals surface area contributed by atoms with Crippen molar-refractivity contribution >= 4 is 38.6 Å². The Labute approximate surface area is 159 Å². The largest absolute Gasteiger partial charge is 0.298 e. The molecule has 0 N–H and O–H groups in total. The van der Waals surface area contributed by atoms with E-state index in [0.717, 1.165) is 10.0 Å². The van der Waals surface area contributed by atoms with Crippen LogP contribution in [0.1, 0.15) is 18.9 Å². The van der Waals surface area contributed by atoms with Gasteiger partial charge in [0, 0.05) is 30.2 Å². The molecule has 0 fully saturated rings. The lowest BCUT2D eigenvalue weighted by Crippen LogP contribution is -2.33. The Morgan fingerprint density at radius 2 is 2.04 bits per heavy atom. The molecule has 0 bridgehead atoms. The van der Waals surface area contributed by atoms with Gasteiger partial charge >= 0.3 is 0 Å². The van der Waals surface area contributed by atoms with Crippen molar-refractivity contribution < 1.29 is 4.79 Å². The minimum Gasteiger partial charge on any atom is -0.298 e. The normalized spacial score (nSPS) is 10.9. The first-order chi connectivity index (χ1) is 12.5. The highest BCUT2D eigenvalue weighted by Crippen LogP contribution is 2.16. The Balaban J connectivity index is 1.78. The van der Waals surface area contributed by atoms with E-state index in [-0.39, 0.29) is 24.4 Å². The van der Waals surface area contributed by atoms with Crippen LogP contribution in [0, 0.1) is 6.92 Å². The van der Waals surface area contributed by atoms with Crippen molar-refractivity contribution in [2.45, 2.75) is 26.8 Å². The van der Waals surface area contributed by atoms with Gasteiger partial charge in [0.05, 0.1) is 17.2 Å². The minimum absolute atomic E-state index is 0.0847. The van der Waals surface area contributed by atoms with Crippen molar-refractivity contribution in [2.24, 2.45) is 0 Å². The van der Waals surface area contributed by atoms with Gasteiger partial charge in [0.15, 0.2) is 0 Å². The maximum atomic E-state index is 12.6. The van der Waals surface area contributed by atoms with E-state index in [0.29, 0.717) is 23.3 Å². The number of anilines is 1. The van der Waals surface area contributed by atoms with Crippen molar-refractivity contribution in [3.05, 3.63) is 63.2 Å². The van der Waals surface area contributed by atoms with Crippen LogP contribution in [-0.2, 0) is 11.3 Å². The van der Waals surface area contributed by atoms with Gasteiger partial charge in [-0.2, -0.15) is 0 Å². The number of carbonyl (C=O) groups excluding carboxylic acids is 1. The highest BCUT2D eigenvalue weighted by molar-refractivity contribution is 9.10. The summed E-state index contributed by atoms with van der Waals surface area (Å²) in [6, 6.07) is 9.16. The Bertz CT molecular complexity index is 999. The summed E-state index contributed by atoms with van der Waals surface area (Å²) in [6.07, 6.45) is 3.37. The Morgan fingerprint density at radius 1 is 1.23 bits per heavy atom. The van der Waals surface area contributed by atoms with Crippen LogP contribution in [0.4, 0.5) is 5.82 Å². The van der Waals surface area contributed by atoms with Crippen molar-refractivity contribution in [2.75, 3.05) is 11.4 Å². The lowest BCUT2D eigenvalue weighted by molar-refractivity contribution is -0.118. The van der Waals surface area contributed by atoms with Crippen LogP contribution in [0.5, 0.6) is 0 Å². The number of aromatic nitrogens is 3. The van der Waals surface area contributed by atoms with Gasteiger partial charge in [-0.3, -0.25) is 19.1 Å². The van der Waals surface area contributed by atoms with Gasteiger partial charge in [-0.25, -0.2) is 9.97 Å². The molecule has 0 unspecified atom stereocenters. The van der Waals surface area contributed by atoms with E-state index in [9.17, 15) is 9.59 Å². The summed E-state index contributed by atoms with van der Waals surface area (Å²) in [7, 11) is 0. The molecular weight excluding hydrogens is 396 g/mol. The molecular formula is C19H19BrN4O2. The number of hydrogen-bond acceptors (Lipinski definition) is 4. The first kappa shape index (κ1) is 18.3. The molecule has 0 spiro atoms. The predicted octanol–water partition coefficient (Wildman–Crippen LogP) is 3.31. The van der Waals surface area contributed by atoms with Gasteiger partial charge in [0.25, 0.3) is 5.56 Å². The first-order valence-corrected chi connectivity index (χ1v) is 9.17. The van der Waals surface area contributed by atoms with Crippen LogP contribution in [0.3, 0.4) is 0 Å². The topological polar surface area (TPSA) is 68.1 Å². The highest BCUT2D eigenvalue weighted by atomic mass is 79.9. The third-order valence-corrected chi connectivity index (χ3v) is 4.70. The Hall–Kier alpha value is -2.54. The number of benzene rings is 1. The van der Waals surface area contributed by atoms with Gasteiger partial charge in [-0.15, -0.1) is 0 Å². The summed E-state index contributed by atoms with van der Waals surface area (Å²) >= 11 is 3.34. The number of aryl methyl sites for hydroxylation is 2. The first-order valence-electron chi connectivity index (χ1n) is 8.38. The predicted molar refractivity (Wildman–Crippen MR) is 105 cm³/mol. The molecule has 3 rings (SSSR count). The monoisotopic (exact) mass is 414 g/mol. The summed E-state index contributed by atoms with van der Waals surface area (Å²) in [6.45, 7) is 4.61. The molecule has 0 aliphatic carbocycles. The molecule has 0 saturated carbocycles.